The molecular weight excluding hydrogens is 369 g/mol. The van der Waals surface area contributed by atoms with E-state index in [0.29, 0.717) is 17.2 Å². The smallest absolute Gasteiger partial charge is 0.406 e. The van der Waals surface area contributed by atoms with Gasteiger partial charge in [0.25, 0.3) is 0 Å². The molecule has 0 spiro atoms. The average molecular weight is 388 g/mol. The first-order chi connectivity index (χ1) is 13.5. The van der Waals surface area contributed by atoms with E-state index in [0.717, 1.165) is 25.2 Å². The molecule has 1 aromatic heterocycles. The van der Waals surface area contributed by atoms with Gasteiger partial charge in [0.05, 0.1) is 0 Å². The van der Waals surface area contributed by atoms with Crippen LogP contribution in [-0.4, -0.2) is 39.5 Å². The standard InChI is InChI=1S/C20H19F3N4O/c21-20(22,23)28-17-8-4-7-16(12-17)19-24-18(25-26-19)15-6-3-5-14(11-15)13-27-9-1-2-10-27/h3-8,11-12H,1-2,9-10,13H2,(H,24,25,26). The van der Waals surface area contributed by atoms with Gasteiger partial charge in [-0.15, -0.1) is 13.2 Å². The van der Waals surface area contributed by atoms with Crippen LogP contribution in [0.25, 0.3) is 22.8 Å². The van der Waals surface area contributed by atoms with Crippen LogP contribution in [0.2, 0.25) is 0 Å². The zero-order valence-electron chi connectivity index (χ0n) is 15.0. The molecule has 1 aliphatic rings. The second-order valence-corrected chi connectivity index (χ2v) is 6.77. The lowest BCUT2D eigenvalue weighted by Gasteiger charge is -2.14. The zero-order chi connectivity index (χ0) is 19.6. The van der Waals surface area contributed by atoms with Crippen LogP contribution < -0.4 is 4.74 Å². The Balaban J connectivity index is 1.54. The van der Waals surface area contributed by atoms with Gasteiger partial charge in [-0.2, -0.15) is 5.10 Å². The van der Waals surface area contributed by atoms with E-state index in [2.05, 4.69) is 37.0 Å². The molecule has 3 aromatic rings. The first kappa shape index (κ1) is 18.5. The number of aromatic nitrogens is 3. The summed E-state index contributed by atoms with van der Waals surface area (Å²) < 4.78 is 41.2. The summed E-state index contributed by atoms with van der Waals surface area (Å²) in [6, 6.07) is 13.7. The van der Waals surface area contributed by atoms with E-state index in [9.17, 15) is 13.2 Å². The molecule has 1 fully saturated rings. The molecule has 0 radical (unpaired) electrons. The fourth-order valence-electron chi connectivity index (χ4n) is 3.37. The highest BCUT2D eigenvalue weighted by molar-refractivity contribution is 5.62. The number of hydrogen-bond donors (Lipinski definition) is 1. The minimum absolute atomic E-state index is 0.296. The number of likely N-dealkylation sites (tertiary alicyclic amines) is 1. The van der Waals surface area contributed by atoms with Crippen molar-refractivity contribution in [3.8, 4) is 28.5 Å². The van der Waals surface area contributed by atoms with E-state index in [1.54, 1.807) is 6.07 Å². The number of rotatable bonds is 5. The number of ether oxygens (including phenoxy) is 1. The highest BCUT2D eigenvalue weighted by Crippen LogP contribution is 2.27. The van der Waals surface area contributed by atoms with E-state index in [1.807, 2.05) is 12.1 Å². The van der Waals surface area contributed by atoms with Crippen molar-refractivity contribution in [2.45, 2.75) is 25.7 Å². The molecule has 0 atom stereocenters. The molecule has 8 heteroatoms. The summed E-state index contributed by atoms with van der Waals surface area (Å²) in [6.07, 6.45) is -2.26. The lowest BCUT2D eigenvalue weighted by atomic mass is 10.1. The Morgan fingerprint density at radius 2 is 1.75 bits per heavy atom. The number of halogens is 3. The van der Waals surface area contributed by atoms with Crippen LogP contribution >= 0.6 is 0 Å². The van der Waals surface area contributed by atoms with E-state index >= 15 is 0 Å². The SMILES string of the molecule is FC(F)(F)Oc1cccc(-c2nc(-c3cccc(CN4CCCC4)c3)n[nH]2)c1. The van der Waals surface area contributed by atoms with Gasteiger partial charge >= 0.3 is 6.36 Å². The molecule has 1 aliphatic heterocycles. The van der Waals surface area contributed by atoms with Crippen LogP contribution in [-0.2, 0) is 6.54 Å². The second kappa shape index (κ2) is 7.63. The molecule has 0 unspecified atom stereocenters. The van der Waals surface area contributed by atoms with Crippen LogP contribution in [0.3, 0.4) is 0 Å². The largest absolute Gasteiger partial charge is 0.573 e. The average Bonchev–Trinajstić information content (AvgIpc) is 3.33. The minimum Gasteiger partial charge on any atom is -0.406 e. The summed E-state index contributed by atoms with van der Waals surface area (Å²) in [4.78, 5) is 6.86. The van der Waals surface area contributed by atoms with E-state index in [-0.39, 0.29) is 5.75 Å². The van der Waals surface area contributed by atoms with Crippen molar-refractivity contribution in [3.05, 3.63) is 54.1 Å². The van der Waals surface area contributed by atoms with Crippen molar-refractivity contribution in [2.75, 3.05) is 13.1 Å². The van der Waals surface area contributed by atoms with Crippen LogP contribution in [0.15, 0.2) is 48.5 Å². The molecule has 0 saturated carbocycles. The summed E-state index contributed by atoms with van der Waals surface area (Å²) in [5.41, 5.74) is 2.52. The van der Waals surface area contributed by atoms with Crippen molar-refractivity contribution in [1.82, 2.24) is 20.1 Å². The van der Waals surface area contributed by atoms with Crippen molar-refractivity contribution < 1.29 is 17.9 Å². The van der Waals surface area contributed by atoms with Gasteiger partial charge in [-0.1, -0.05) is 30.3 Å². The number of alkyl halides is 3. The number of benzene rings is 2. The zero-order valence-corrected chi connectivity index (χ0v) is 15.0. The maximum absolute atomic E-state index is 12.4. The Kier molecular flexibility index (Phi) is 5.04. The quantitative estimate of drug-likeness (QED) is 0.692. The number of H-pyrrole nitrogens is 1. The molecule has 146 valence electrons. The fraction of sp³-hybridized carbons (Fsp3) is 0.300. The second-order valence-electron chi connectivity index (χ2n) is 6.77. The highest BCUT2D eigenvalue weighted by Gasteiger charge is 2.31. The minimum atomic E-state index is -4.74. The summed E-state index contributed by atoms with van der Waals surface area (Å²) in [7, 11) is 0. The van der Waals surface area contributed by atoms with Gasteiger partial charge in [0.15, 0.2) is 11.6 Å². The monoisotopic (exact) mass is 388 g/mol. The first-order valence-corrected chi connectivity index (χ1v) is 9.06. The molecule has 2 aromatic carbocycles. The Hall–Kier alpha value is -2.87. The summed E-state index contributed by atoms with van der Waals surface area (Å²) >= 11 is 0. The van der Waals surface area contributed by atoms with Crippen LogP contribution in [0, 0.1) is 0 Å². The predicted molar refractivity (Wildman–Crippen MR) is 98.4 cm³/mol. The number of aromatic amines is 1. The van der Waals surface area contributed by atoms with Crippen molar-refractivity contribution >= 4 is 0 Å². The Bertz CT molecular complexity index is 948. The first-order valence-electron chi connectivity index (χ1n) is 9.06. The molecule has 0 aliphatic carbocycles. The van der Waals surface area contributed by atoms with Crippen LogP contribution in [0.1, 0.15) is 18.4 Å². The van der Waals surface area contributed by atoms with Gasteiger partial charge in [0.2, 0.25) is 0 Å². The fourth-order valence-corrected chi connectivity index (χ4v) is 3.37. The van der Waals surface area contributed by atoms with Gasteiger partial charge in [-0.05, 0) is 49.7 Å². The normalized spacial score (nSPS) is 15.1. The van der Waals surface area contributed by atoms with Crippen molar-refractivity contribution in [3.63, 3.8) is 0 Å². The van der Waals surface area contributed by atoms with Crippen LogP contribution in [0.4, 0.5) is 13.2 Å². The third-order valence-electron chi connectivity index (χ3n) is 4.62. The molecule has 0 bridgehead atoms. The van der Waals surface area contributed by atoms with E-state index < -0.39 is 6.36 Å². The van der Waals surface area contributed by atoms with Crippen molar-refractivity contribution in [2.24, 2.45) is 0 Å². The summed E-state index contributed by atoms with van der Waals surface area (Å²) in [5.74, 6) is 0.587. The number of nitrogens with zero attached hydrogens (tertiary/aromatic N) is 3. The lowest BCUT2D eigenvalue weighted by molar-refractivity contribution is -0.274. The van der Waals surface area contributed by atoms with E-state index in [1.165, 1.54) is 36.6 Å². The third kappa shape index (κ3) is 4.51. The predicted octanol–water partition coefficient (Wildman–Crippen LogP) is 4.63. The van der Waals surface area contributed by atoms with Gasteiger partial charge in [0, 0.05) is 17.7 Å². The molecule has 1 N–H and O–H groups in total. The maximum Gasteiger partial charge on any atom is 0.573 e. The Morgan fingerprint density at radius 1 is 1.00 bits per heavy atom. The molecular formula is C20H19F3N4O. The van der Waals surface area contributed by atoms with Gasteiger partial charge < -0.3 is 4.74 Å². The van der Waals surface area contributed by atoms with Crippen LogP contribution in [0.5, 0.6) is 5.75 Å². The van der Waals surface area contributed by atoms with E-state index in [4.69, 9.17) is 0 Å². The summed E-state index contributed by atoms with van der Waals surface area (Å²) in [6.45, 7) is 3.12. The van der Waals surface area contributed by atoms with Gasteiger partial charge in [-0.3, -0.25) is 10.00 Å². The summed E-state index contributed by atoms with van der Waals surface area (Å²) in [5, 5.41) is 7.02. The van der Waals surface area contributed by atoms with Gasteiger partial charge in [0.1, 0.15) is 5.75 Å². The molecule has 5 nitrogen and oxygen atoms in total. The highest BCUT2D eigenvalue weighted by atomic mass is 19.4. The third-order valence-corrected chi connectivity index (χ3v) is 4.62. The number of hydrogen-bond acceptors (Lipinski definition) is 4. The molecule has 28 heavy (non-hydrogen) atoms. The number of nitrogens with one attached hydrogen (secondary N) is 1. The Labute approximate surface area is 160 Å². The lowest BCUT2D eigenvalue weighted by Crippen LogP contribution is -2.18. The van der Waals surface area contributed by atoms with Crippen molar-refractivity contribution in [1.29, 1.82) is 0 Å². The molecule has 4 rings (SSSR count). The maximum atomic E-state index is 12.4. The van der Waals surface area contributed by atoms with Gasteiger partial charge in [-0.25, -0.2) is 4.98 Å². The topological polar surface area (TPSA) is 54.0 Å². The molecule has 2 heterocycles. The molecule has 0 amide bonds. The Morgan fingerprint density at radius 3 is 2.54 bits per heavy atom. The molecule has 1 saturated heterocycles.